The number of carbonyl (C=O) groups is 1. The molecule has 0 aliphatic rings. The molecule has 0 spiro atoms. The fourth-order valence-corrected chi connectivity index (χ4v) is 6.82. The number of hydrogen-bond donors (Lipinski definition) is 1. The van der Waals surface area contributed by atoms with Crippen LogP contribution in [0.4, 0.5) is 0 Å². The van der Waals surface area contributed by atoms with Crippen molar-refractivity contribution in [3.8, 4) is 0 Å². The van der Waals surface area contributed by atoms with Crippen molar-refractivity contribution in [2.75, 3.05) is 54.1 Å². The summed E-state index contributed by atoms with van der Waals surface area (Å²) in [4.78, 5) is 22.8. The van der Waals surface area contributed by atoms with E-state index in [0.717, 1.165) is 25.7 Å². The Labute approximate surface area is 328 Å². The number of rotatable bonds is 41. The molecule has 0 aliphatic carbocycles. The first-order chi connectivity index (χ1) is 25.6. The minimum atomic E-state index is -4.28. The Morgan fingerprint density at radius 3 is 1.53 bits per heavy atom. The number of phosphoric ester groups is 1. The quantitative estimate of drug-likeness (QED) is 0.0217. The molecule has 0 aromatic rings. The minimum absolute atomic E-state index is 0.0816. The van der Waals surface area contributed by atoms with Crippen molar-refractivity contribution >= 4 is 13.8 Å². The first kappa shape index (κ1) is 52.0. The zero-order chi connectivity index (χ0) is 39.1. The van der Waals surface area contributed by atoms with E-state index in [9.17, 15) is 14.3 Å². The number of ether oxygens (including phenoxy) is 2. The molecule has 0 aromatic carbocycles. The molecule has 53 heavy (non-hydrogen) atoms. The van der Waals surface area contributed by atoms with E-state index >= 15 is 0 Å². The molecule has 0 saturated heterocycles. The predicted octanol–water partition coefficient (Wildman–Crippen LogP) is 12.8. The average Bonchev–Trinajstić information content (AvgIpc) is 3.11. The SMILES string of the molecule is CCCCCCCCCC/C=C\C/C=C\CCC(=O)OC(COCCCCCCCCCCCCCCCCCC)COP(=O)(O)OCC[N+](C)(C)C. The van der Waals surface area contributed by atoms with Gasteiger partial charge in [-0.15, -0.1) is 0 Å². The molecule has 0 rings (SSSR count). The molecule has 0 fully saturated rings. The third-order valence-electron chi connectivity index (χ3n) is 9.53. The zero-order valence-corrected chi connectivity index (χ0v) is 36.4. The topological polar surface area (TPSA) is 91.3 Å². The van der Waals surface area contributed by atoms with Crippen molar-refractivity contribution in [1.29, 1.82) is 0 Å². The van der Waals surface area contributed by atoms with E-state index in [1.165, 1.54) is 141 Å². The largest absolute Gasteiger partial charge is 0.472 e. The van der Waals surface area contributed by atoms with Crippen LogP contribution in [-0.4, -0.2) is 75.6 Å². The number of carbonyl (C=O) groups excluding carboxylic acids is 1. The number of hydrogen-bond acceptors (Lipinski definition) is 6. The number of unbranched alkanes of at least 4 members (excludes halogenated alkanes) is 23. The summed E-state index contributed by atoms with van der Waals surface area (Å²) in [6.45, 7) is 5.57. The summed E-state index contributed by atoms with van der Waals surface area (Å²) in [5.41, 5.74) is 0. The van der Waals surface area contributed by atoms with E-state index in [1.807, 2.05) is 27.2 Å². The third kappa shape index (κ3) is 42.0. The van der Waals surface area contributed by atoms with Gasteiger partial charge in [0, 0.05) is 13.0 Å². The van der Waals surface area contributed by atoms with Gasteiger partial charge in [0.15, 0.2) is 0 Å². The van der Waals surface area contributed by atoms with Crippen molar-refractivity contribution in [2.24, 2.45) is 0 Å². The van der Waals surface area contributed by atoms with Crippen molar-refractivity contribution in [2.45, 2.75) is 200 Å². The Kier molecular flexibility index (Phi) is 37.2. The maximum Gasteiger partial charge on any atom is 0.472 e. The van der Waals surface area contributed by atoms with Crippen LogP contribution in [0.25, 0.3) is 0 Å². The van der Waals surface area contributed by atoms with Crippen LogP contribution in [0, 0.1) is 0 Å². The van der Waals surface area contributed by atoms with Crippen LogP contribution in [-0.2, 0) is 27.9 Å². The summed E-state index contributed by atoms with van der Waals surface area (Å²) in [5, 5.41) is 0. The highest BCUT2D eigenvalue weighted by molar-refractivity contribution is 7.47. The van der Waals surface area contributed by atoms with Crippen LogP contribution in [0.15, 0.2) is 24.3 Å². The molecular formula is C44H87NO7P+. The van der Waals surface area contributed by atoms with E-state index in [-0.39, 0.29) is 32.2 Å². The van der Waals surface area contributed by atoms with Crippen molar-refractivity contribution in [1.82, 2.24) is 0 Å². The second kappa shape index (κ2) is 37.9. The Bertz CT molecular complexity index is 905. The lowest BCUT2D eigenvalue weighted by Gasteiger charge is -2.24. The van der Waals surface area contributed by atoms with Crippen LogP contribution in [0.1, 0.15) is 194 Å². The lowest BCUT2D eigenvalue weighted by atomic mass is 10.0. The second-order valence-corrected chi connectivity index (χ2v) is 17.5. The van der Waals surface area contributed by atoms with E-state index in [4.69, 9.17) is 18.5 Å². The highest BCUT2D eigenvalue weighted by Crippen LogP contribution is 2.43. The lowest BCUT2D eigenvalue weighted by Crippen LogP contribution is -2.37. The maximum absolute atomic E-state index is 12.6. The van der Waals surface area contributed by atoms with Crippen molar-refractivity contribution in [3.05, 3.63) is 24.3 Å². The maximum atomic E-state index is 12.6. The Hall–Kier alpha value is -1.02. The Morgan fingerprint density at radius 1 is 0.585 bits per heavy atom. The lowest BCUT2D eigenvalue weighted by molar-refractivity contribution is -0.870. The van der Waals surface area contributed by atoms with Gasteiger partial charge in [-0.1, -0.05) is 179 Å². The van der Waals surface area contributed by atoms with E-state index < -0.39 is 13.9 Å². The number of phosphoric acid groups is 1. The standard InChI is InChI=1S/C44H86NO7P/c1-6-8-10-12-14-16-18-20-22-24-26-28-30-32-34-36-39-49-41-43(42-51-53(47,48)50-40-38-45(3,4)5)52-44(46)37-35-33-31-29-27-25-23-21-19-17-15-13-11-9-7-2/h25,27,31,33,43H,6-24,26,28-30,32,34-42H2,1-5H3/p+1/b27-25-,33-31-. The van der Waals surface area contributed by atoms with Crippen LogP contribution >= 0.6 is 7.82 Å². The van der Waals surface area contributed by atoms with Gasteiger partial charge in [-0.25, -0.2) is 4.57 Å². The van der Waals surface area contributed by atoms with Gasteiger partial charge in [0.1, 0.15) is 19.3 Å². The summed E-state index contributed by atoms with van der Waals surface area (Å²) in [5.74, 6) is -0.377. The number of likely N-dealkylation sites (N-methyl/N-ethyl adjacent to an activating group) is 1. The van der Waals surface area contributed by atoms with Crippen LogP contribution in [0.3, 0.4) is 0 Å². The van der Waals surface area contributed by atoms with Gasteiger partial charge in [0.25, 0.3) is 0 Å². The average molecular weight is 773 g/mol. The molecule has 9 heteroatoms. The summed E-state index contributed by atoms with van der Waals surface area (Å²) < 4.78 is 34.9. The summed E-state index contributed by atoms with van der Waals surface area (Å²) >= 11 is 0. The zero-order valence-electron chi connectivity index (χ0n) is 35.5. The van der Waals surface area contributed by atoms with Gasteiger partial charge in [-0.3, -0.25) is 13.8 Å². The summed E-state index contributed by atoms with van der Waals surface area (Å²) in [7, 11) is 1.64. The number of allylic oxidation sites excluding steroid dienone is 4. The van der Waals surface area contributed by atoms with Crippen molar-refractivity contribution < 1.29 is 37.3 Å². The highest BCUT2D eigenvalue weighted by Gasteiger charge is 2.26. The molecule has 0 aromatic heterocycles. The van der Waals surface area contributed by atoms with Gasteiger partial charge < -0.3 is 18.9 Å². The Balaban J connectivity index is 4.28. The predicted molar refractivity (Wildman–Crippen MR) is 224 cm³/mol. The molecule has 2 unspecified atom stereocenters. The highest BCUT2D eigenvalue weighted by atomic mass is 31.2. The monoisotopic (exact) mass is 773 g/mol. The second-order valence-electron chi connectivity index (χ2n) is 16.1. The fourth-order valence-electron chi connectivity index (χ4n) is 6.08. The number of quaternary nitrogens is 1. The molecule has 314 valence electrons. The molecule has 0 bridgehead atoms. The molecular weight excluding hydrogens is 685 g/mol. The minimum Gasteiger partial charge on any atom is -0.457 e. The molecule has 2 atom stereocenters. The molecule has 0 amide bonds. The fraction of sp³-hybridized carbons (Fsp3) is 0.886. The van der Waals surface area contributed by atoms with Crippen LogP contribution in [0.2, 0.25) is 0 Å². The number of nitrogens with zero attached hydrogens (tertiary/aromatic N) is 1. The number of esters is 1. The molecule has 0 radical (unpaired) electrons. The molecule has 8 nitrogen and oxygen atoms in total. The van der Waals surface area contributed by atoms with Gasteiger partial charge in [-0.2, -0.15) is 0 Å². The molecule has 1 N–H and O–H groups in total. The van der Waals surface area contributed by atoms with Crippen LogP contribution in [0.5, 0.6) is 0 Å². The summed E-state index contributed by atoms with van der Waals surface area (Å²) in [6.07, 6.45) is 42.2. The van der Waals surface area contributed by atoms with Gasteiger partial charge in [0.2, 0.25) is 0 Å². The van der Waals surface area contributed by atoms with E-state index in [2.05, 4.69) is 32.1 Å². The first-order valence-electron chi connectivity index (χ1n) is 22.1. The van der Waals surface area contributed by atoms with E-state index in [0.29, 0.717) is 24.1 Å². The van der Waals surface area contributed by atoms with Crippen molar-refractivity contribution in [3.63, 3.8) is 0 Å². The van der Waals surface area contributed by atoms with Gasteiger partial charge in [-0.05, 0) is 32.1 Å². The molecule has 0 aliphatic heterocycles. The summed E-state index contributed by atoms with van der Waals surface area (Å²) in [6, 6.07) is 0. The van der Waals surface area contributed by atoms with Gasteiger partial charge in [0.05, 0.1) is 34.4 Å². The molecule has 0 saturated carbocycles. The third-order valence-corrected chi connectivity index (χ3v) is 10.5. The van der Waals surface area contributed by atoms with Gasteiger partial charge >= 0.3 is 13.8 Å². The first-order valence-corrected chi connectivity index (χ1v) is 23.6. The van der Waals surface area contributed by atoms with Crippen LogP contribution < -0.4 is 0 Å². The Morgan fingerprint density at radius 2 is 1.04 bits per heavy atom. The smallest absolute Gasteiger partial charge is 0.457 e. The normalized spacial score (nSPS) is 14.0. The van der Waals surface area contributed by atoms with E-state index in [1.54, 1.807) is 0 Å². The molecule has 0 heterocycles.